The Morgan fingerprint density at radius 1 is 1.53 bits per heavy atom. The Labute approximate surface area is 89.4 Å². The van der Waals surface area contributed by atoms with Gasteiger partial charge in [-0.25, -0.2) is 0 Å². The van der Waals surface area contributed by atoms with Crippen LogP contribution in [0.2, 0.25) is 0 Å². The Balaban J connectivity index is 2.35. The first-order chi connectivity index (χ1) is 7.11. The van der Waals surface area contributed by atoms with E-state index in [4.69, 9.17) is 5.11 Å². The van der Waals surface area contributed by atoms with Crippen LogP contribution in [0.4, 0.5) is 0 Å². The van der Waals surface area contributed by atoms with E-state index in [1.165, 1.54) is 0 Å². The van der Waals surface area contributed by atoms with Crippen molar-refractivity contribution in [3.8, 4) is 0 Å². The molecule has 0 saturated carbocycles. The van der Waals surface area contributed by atoms with Gasteiger partial charge >= 0.3 is 5.97 Å². The minimum atomic E-state index is -0.808. The van der Waals surface area contributed by atoms with E-state index >= 15 is 0 Å². The van der Waals surface area contributed by atoms with Gasteiger partial charge in [0.2, 0.25) is 5.91 Å². The Kier molecular flexibility index (Phi) is 4.55. The summed E-state index contributed by atoms with van der Waals surface area (Å²) in [7, 11) is 0. The van der Waals surface area contributed by atoms with Gasteiger partial charge in [-0.05, 0) is 19.4 Å². The van der Waals surface area contributed by atoms with Crippen molar-refractivity contribution in [2.45, 2.75) is 32.2 Å². The zero-order valence-electron chi connectivity index (χ0n) is 9.03. The van der Waals surface area contributed by atoms with Gasteiger partial charge in [-0.3, -0.25) is 14.5 Å². The number of carboxylic acids is 1. The van der Waals surface area contributed by atoms with Crippen molar-refractivity contribution >= 4 is 11.9 Å². The van der Waals surface area contributed by atoms with Gasteiger partial charge in [0.25, 0.3) is 0 Å². The van der Waals surface area contributed by atoms with Gasteiger partial charge in [0.05, 0.1) is 6.54 Å². The van der Waals surface area contributed by atoms with Crippen LogP contribution in [-0.4, -0.2) is 47.6 Å². The summed E-state index contributed by atoms with van der Waals surface area (Å²) in [6.45, 7) is 3.34. The van der Waals surface area contributed by atoms with Crippen molar-refractivity contribution in [2.75, 3.05) is 19.6 Å². The molecule has 1 aliphatic heterocycles. The summed E-state index contributed by atoms with van der Waals surface area (Å²) in [5.74, 6) is -0.769. The monoisotopic (exact) mass is 214 g/mol. The maximum Gasteiger partial charge on any atom is 0.317 e. The highest BCUT2D eigenvalue weighted by Crippen LogP contribution is 2.09. The first kappa shape index (κ1) is 12.0. The normalized spacial score (nSPS) is 22.3. The molecule has 1 fully saturated rings. The molecule has 0 radical (unpaired) electrons. The van der Waals surface area contributed by atoms with Crippen LogP contribution in [0.5, 0.6) is 0 Å². The minimum absolute atomic E-state index is 0.0391. The molecule has 5 nitrogen and oxygen atoms in total. The zero-order valence-corrected chi connectivity index (χ0v) is 9.03. The van der Waals surface area contributed by atoms with Gasteiger partial charge in [0.15, 0.2) is 0 Å². The standard InChI is InChI=1S/C10H18N2O3/c1-2-9(13)11-8-4-3-5-12(6-8)7-10(14)15/h8H,2-7H2,1H3,(H,11,13)(H,14,15)/t8-/m1/s1. The zero-order chi connectivity index (χ0) is 11.3. The summed E-state index contributed by atoms with van der Waals surface area (Å²) < 4.78 is 0. The van der Waals surface area contributed by atoms with Crippen LogP contribution in [0.15, 0.2) is 0 Å². The van der Waals surface area contributed by atoms with E-state index < -0.39 is 5.97 Å². The summed E-state index contributed by atoms with van der Waals surface area (Å²) in [4.78, 5) is 23.6. The average molecular weight is 214 g/mol. The molecule has 1 atom stereocenters. The molecular weight excluding hydrogens is 196 g/mol. The van der Waals surface area contributed by atoms with Gasteiger partial charge < -0.3 is 10.4 Å². The highest BCUT2D eigenvalue weighted by Gasteiger charge is 2.21. The number of nitrogens with one attached hydrogen (secondary N) is 1. The molecule has 0 aromatic heterocycles. The number of likely N-dealkylation sites (tertiary alicyclic amines) is 1. The van der Waals surface area contributed by atoms with E-state index in [2.05, 4.69) is 5.32 Å². The fraction of sp³-hybridized carbons (Fsp3) is 0.800. The van der Waals surface area contributed by atoms with Crippen LogP contribution in [-0.2, 0) is 9.59 Å². The fourth-order valence-corrected chi connectivity index (χ4v) is 1.84. The molecule has 0 aromatic carbocycles. The third-order valence-corrected chi connectivity index (χ3v) is 2.55. The van der Waals surface area contributed by atoms with Gasteiger partial charge in [-0.2, -0.15) is 0 Å². The van der Waals surface area contributed by atoms with Crippen LogP contribution in [0, 0.1) is 0 Å². The molecule has 1 aliphatic rings. The van der Waals surface area contributed by atoms with E-state index in [0.717, 1.165) is 19.4 Å². The molecule has 0 aromatic rings. The van der Waals surface area contributed by atoms with Crippen LogP contribution in [0.3, 0.4) is 0 Å². The topological polar surface area (TPSA) is 69.6 Å². The molecule has 5 heteroatoms. The lowest BCUT2D eigenvalue weighted by atomic mass is 10.1. The number of amides is 1. The SMILES string of the molecule is CCC(=O)N[C@@H]1CCCN(CC(=O)O)C1. The second kappa shape index (κ2) is 5.70. The average Bonchev–Trinajstić information content (AvgIpc) is 2.17. The maximum atomic E-state index is 11.2. The second-order valence-electron chi connectivity index (χ2n) is 3.89. The third kappa shape index (κ3) is 4.29. The van der Waals surface area contributed by atoms with Crippen LogP contribution < -0.4 is 5.32 Å². The molecule has 0 aliphatic carbocycles. The number of piperidine rings is 1. The molecule has 1 rings (SSSR count). The predicted octanol–water partition coefficient (Wildman–Crippen LogP) is 0.0616. The maximum absolute atomic E-state index is 11.2. The van der Waals surface area contributed by atoms with E-state index in [0.29, 0.717) is 13.0 Å². The van der Waals surface area contributed by atoms with Crippen molar-refractivity contribution in [1.29, 1.82) is 0 Å². The Morgan fingerprint density at radius 3 is 2.87 bits per heavy atom. The molecule has 0 spiro atoms. The Morgan fingerprint density at radius 2 is 2.27 bits per heavy atom. The lowest BCUT2D eigenvalue weighted by Crippen LogP contribution is -2.48. The number of nitrogens with zero attached hydrogens (tertiary/aromatic N) is 1. The number of carbonyl (C=O) groups is 2. The lowest BCUT2D eigenvalue weighted by Gasteiger charge is -2.31. The first-order valence-electron chi connectivity index (χ1n) is 5.35. The quantitative estimate of drug-likeness (QED) is 0.694. The number of hydrogen-bond donors (Lipinski definition) is 2. The highest BCUT2D eigenvalue weighted by molar-refractivity contribution is 5.75. The van der Waals surface area contributed by atoms with Gasteiger partial charge in [0, 0.05) is 19.0 Å². The van der Waals surface area contributed by atoms with E-state index in [9.17, 15) is 9.59 Å². The van der Waals surface area contributed by atoms with Crippen LogP contribution in [0.1, 0.15) is 26.2 Å². The summed E-state index contributed by atoms with van der Waals surface area (Å²) in [5, 5.41) is 11.5. The molecular formula is C10H18N2O3. The number of aliphatic carboxylic acids is 1. The smallest absolute Gasteiger partial charge is 0.317 e. The number of rotatable bonds is 4. The second-order valence-corrected chi connectivity index (χ2v) is 3.89. The van der Waals surface area contributed by atoms with E-state index in [1.807, 2.05) is 11.8 Å². The van der Waals surface area contributed by atoms with Crippen molar-refractivity contribution < 1.29 is 14.7 Å². The van der Waals surface area contributed by atoms with Gasteiger partial charge in [-0.1, -0.05) is 6.92 Å². The van der Waals surface area contributed by atoms with Gasteiger partial charge in [-0.15, -0.1) is 0 Å². The van der Waals surface area contributed by atoms with Gasteiger partial charge in [0.1, 0.15) is 0 Å². The van der Waals surface area contributed by atoms with Crippen molar-refractivity contribution in [3.05, 3.63) is 0 Å². The number of carbonyl (C=O) groups excluding carboxylic acids is 1. The van der Waals surface area contributed by atoms with Crippen LogP contribution in [0.25, 0.3) is 0 Å². The van der Waals surface area contributed by atoms with E-state index in [-0.39, 0.29) is 18.5 Å². The van der Waals surface area contributed by atoms with E-state index in [1.54, 1.807) is 0 Å². The predicted molar refractivity (Wildman–Crippen MR) is 55.5 cm³/mol. The number of carboxylic acid groups (broad SMARTS) is 1. The third-order valence-electron chi connectivity index (χ3n) is 2.55. The summed E-state index contributed by atoms with van der Waals surface area (Å²) in [5.41, 5.74) is 0. The Hall–Kier alpha value is -1.10. The molecule has 0 unspecified atom stereocenters. The molecule has 86 valence electrons. The molecule has 1 heterocycles. The Bertz CT molecular complexity index is 243. The summed E-state index contributed by atoms with van der Waals surface area (Å²) in [6.07, 6.45) is 2.37. The first-order valence-corrected chi connectivity index (χ1v) is 5.35. The molecule has 15 heavy (non-hydrogen) atoms. The minimum Gasteiger partial charge on any atom is -0.480 e. The van der Waals surface area contributed by atoms with Crippen LogP contribution >= 0.6 is 0 Å². The van der Waals surface area contributed by atoms with Crippen molar-refractivity contribution in [1.82, 2.24) is 10.2 Å². The number of hydrogen-bond acceptors (Lipinski definition) is 3. The molecule has 1 saturated heterocycles. The highest BCUT2D eigenvalue weighted by atomic mass is 16.4. The molecule has 2 N–H and O–H groups in total. The van der Waals surface area contributed by atoms with Crippen molar-refractivity contribution in [3.63, 3.8) is 0 Å². The molecule has 1 amide bonds. The summed E-state index contributed by atoms with van der Waals surface area (Å²) >= 11 is 0. The largest absolute Gasteiger partial charge is 0.480 e. The van der Waals surface area contributed by atoms with Crippen molar-refractivity contribution in [2.24, 2.45) is 0 Å². The fourth-order valence-electron chi connectivity index (χ4n) is 1.84. The molecule has 0 bridgehead atoms. The lowest BCUT2D eigenvalue weighted by molar-refractivity contribution is -0.138. The summed E-state index contributed by atoms with van der Waals surface area (Å²) in [6, 6.07) is 0.116.